The highest BCUT2D eigenvalue weighted by atomic mass is 16.5. The number of rotatable bonds is 3. The Labute approximate surface area is 80.5 Å². The minimum Gasteiger partial charge on any atom is -0.489 e. The highest BCUT2D eigenvalue weighted by Gasteiger charge is 2.24. The molecule has 5 heteroatoms. The van der Waals surface area contributed by atoms with Crippen LogP contribution in [0.15, 0.2) is 12.3 Å². The van der Waals surface area contributed by atoms with Gasteiger partial charge in [-0.3, -0.25) is 0 Å². The molecule has 5 nitrogen and oxygen atoms in total. The van der Waals surface area contributed by atoms with Crippen LogP contribution in [0, 0.1) is 0 Å². The van der Waals surface area contributed by atoms with E-state index in [4.69, 9.17) is 15.6 Å². The Balaban J connectivity index is 2.24. The van der Waals surface area contributed by atoms with E-state index in [0.29, 0.717) is 5.75 Å². The van der Waals surface area contributed by atoms with E-state index >= 15 is 0 Å². The number of hydrogen-bond acceptors (Lipinski definition) is 4. The summed E-state index contributed by atoms with van der Waals surface area (Å²) in [6.07, 6.45) is 3.71. The van der Waals surface area contributed by atoms with Crippen molar-refractivity contribution in [2.75, 3.05) is 5.73 Å². The van der Waals surface area contributed by atoms with Crippen LogP contribution in [0.5, 0.6) is 5.75 Å². The molecule has 1 heterocycles. The average molecular weight is 194 g/mol. The fourth-order valence-corrected chi connectivity index (χ4v) is 1.07. The molecular formula is C9H10N2O3. The van der Waals surface area contributed by atoms with Gasteiger partial charge in [0.1, 0.15) is 17.1 Å². The third-order valence-electron chi connectivity index (χ3n) is 1.95. The number of pyridine rings is 1. The molecule has 1 saturated carbocycles. The van der Waals surface area contributed by atoms with Gasteiger partial charge in [0.05, 0.1) is 12.3 Å². The summed E-state index contributed by atoms with van der Waals surface area (Å²) in [7, 11) is 0. The summed E-state index contributed by atoms with van der Waals surface area (Å²) < 4.78 is 5.39. The number of anilines is 1. The molecular weight excluding hydrogens is 184 g/mol. The molecule has 1 fully saturated rings. The fraction of sp³-hybridized carbons (Fsp3) is 0.333. The Kier molecular flexibility index (Phi) is 1.99. The van der Waals surface area contributed by atoms with E-state index in [2.05, 4.69) is 4.98 Å². The Morgan fingerprint density at radius 3 is 2.93 bits per heavy atom. The Hall–Kier alpha value is -1.78. The van der Waals surface area contributed by atoms with Gasteiger partial charge in [-0.1, -0.05) is 0 Å². The number of nitrogens with two attached hydrogens (primary N) is 1. The Bertz CT molecular complexity index is 374. The monoisotopic (exact) mass is 194 g/mol. The number of carboxylic acids is 1. The largest absolute Gasteiger partial charge is 0.489 e. The normalized spacial score (nSPS) is 15.1. The molecule has 0 aromatic carbocycles. The fourth-order valence-electron chi connectivity index (χ4n) is 1.07. The molecule has 1 aromatic heterocycles. The van der Waals surface area contributed by atoms with Crippen molar-refractivity contribution in [3.63, 3.8) is 0 Å². The Morgan fingerprint density at radius 2 is 2.36 bits per heavy atom. The van der Waals surface area contributed by atoms with Gasteiger partial charge in [-0.15, -0.1) is 0 Å². The lowest BCUT2D eigenvalue weighted by molar-refractivity contribution is 0.0697. The van der Waals surface area contributed by atoms with Crippen molar-refractivity contribution in [2.24, 2.45) is 0 Å². The van der Waals surface area contributed by atoms with Gasteiger partial charge < -0.3 is 15.6 Å². The molecule has 0 spiro atoms. The van der Waals surface area contributed by atoms with Gasteiger partial charge >= 0.3 is 5.97 Å². The van der Waals surface area contributed by atoms with Crippen LogP contribution in [-0.4, -0.2) is 22.2 Å². The minimum absolute atomic E-state index is 0.0110. The Morgan fingerprint density at radius 1 is 1.64 bits per heavy atom. The molecule has 0 atom stereocenters. The standard InChI is InChI=1S/C9H10N2O3/c10-8-7(9(12)13)3-6(4-11-8)14-5-1-2-5/h3-5H,1-2H2,(H2,10,11)(H,12,13). The summed E-state index contributed by atoms with van der Waals surface area (Å²) >= 11 is 0. The SMILES string of the molecule is Nc1ncc(OC2CC2)cc1C(=O)O. The van der Waals surface area contributed by atoms with Crippen LogP contribution in [0.2, 0.25) is 0 Å². The number of hydrogen-bond donors (Lipinski definition) is 2. The predicted molar refractivity (Wildman–Crippen MR) is 49.3 cm³/mol. The first-order valence-electron chi connectivity index (χ1n) is 4.32. The molecule has 74 valence electrons. The number of carbonyl (C=O) groups is 1. The molecule has 3 N–H and O–H groups in total. The zero-order valence-electron chi connectivity index (χ0n) is 7.43. The zero-order chi connectivity index (χ0) is 10.1. The summed E-state index contributed by atoms with van der Waals surface area (Å²) in [6.45, 7) is 0. The first-order valence-corrected chi connectivity index (χ1v) is 4.32. The van der Waals surface area contributed by atoms with E-state index in [1.165, 1.54) is 12.3 Å². The molecule has 0 unspecified atom stereocenters. The van der Waals surface area contributed by atoms with Crippen LogP contribution < -0.4 is 10.5 Å². The van der Waals surface area contributed by atoms with Crippen LogP contribution >= 0.6 is 0 Å². The second-order valence-electron chi connectivity index (χ2n) is 3.23. The molecule has 1 aromatic rings. The minimum atomic E-state index is -1.09. The van der Waals surface area contributed by atoms with Gasteiger partial charge in [-0.25, -0.2) is 9.78 Å². The summed E-state index contributed by atoms with van der Waals surface area (Å²) in [5.74, 6) is -0.601. The molecule has 14 heavy (non-hydrogen) atoms. The maximum Gasteiger partial charge on any atom is 0.339 e. The lowest BCUT2D eigenvalue weighted by Crippen LogP contribution is -2.06. The lowest BCUT2D eigenvalue weighted by Gasteiger charge is -2.05. The van der Waals surface area contributed by atoms with Crippen molar-refractivity contribution in [1.29, 1.82) is 0 Å². The van der Waals surface area contributed by atoms with E-state index in [1.807, 2.05) is 0 Å². The van der Waals surface area contributed by atoms with Crippen molar-refractivity contribution >= 4 is 11.8 Å². The van der Waals surface area contributed by atoms with Gasteiger partial charge in [-0.05, 0) is 18.9 Å². The molecule has 0 radical (unpaired) electrons. The molecule has 1 aliphatic carbocycles. The van der Waals surface area contributed by atoms with Crippen molar-refractivity contribution in [3.8, 4) is 5.75 Å². The van der Waals surface area contributed by atoms with E-state index in [0.717, 1.165) is 12.8 Å². The van der Waals surface area contributed by atoms with Crippen LogP contribution in [0.1, 0.15) is 23.2 Å². The maximum atomic E-state index is 10.7. The van der Waals surface area contributed by atoms with Gasteiger partial charge in [-0.2, -0.15) is 0 Å². The number of carboxylic acid groups (broad SMARTS) is 1. The smallest absolute Gasteiger partial charge is 0.339 e. The van der Waals surface area contributed by atoms with E-state index in [-0.39, 0.29) is 17.5 Å². The number of aromatic carboxylic acids is 1. The molecule has 1 aliphatic rings. The van der Waals surface area contributed by atoms with E-state index in [9.17, 15) is 4.79 Å². The van der Waals surface area contributed by atoms with E-state index in [1.54, 1.807) is 0 Å². The van der Waals surface area contributed by atoms with Gasteiger partial charge in [0.2, 0.25) is 0 Å². The number of ether oxygens (including phenoxy) is 1. The first-order chi connectivity index (χ1) is 6.66. The molecule has 2 rings (SSSR count). The van der Waals surface area contributed by atoms with Crippen LogP contribution in [0.4, 0.5) is 5.82 Å². The molecule has 0 amide bonds. The zero-order valence-corrected chi connectivity index (χ0v) is 7.43. The lowest BCUT2D eigenvalue weighted by atomic mass is 10.2. The predicted octanol–water partition coefficient (Wildman–Crippen LogP) is 0.903. The molecule has 0 saturated heterocycles. The maximum absolute atomic E-state index is 10.7. The molecule has 0 aliphatic heterocycles. The summed E-state index contributed by atoms with van der Waals surface area (Å²) in [5.41, 5.74) is 5.38. The number of nitrogens with zero attached hydrogens (tertiary/aromatic N) is 1. The topological polar surface area (TPSA) is 85.4 Å². The highest BCUT2D eigenvalue weighted by molar-refractivity contribution is 5.92. The first kappa shape index (κ1) is 8.80. The second kappa shape index (κ2) is 3.17. The summed E-state index contributed by atoms with van der Waals surface area (Å²) in [5, 5.41) is 8.76. The van der Waals surface area contributed by atoms with Crippen molar-refractivity contribution in [2.45, 2.75) is 18.9 Å². The van der Waals surface area contributed by atoms with Crippen LogP contribution in [-0.2, 0) is 0 Å². The highest BCUT2D eigenvalue weighted by Crippen LogP contribution is 2.27. The van der Waals surface area contributed by atoms with Crippen LogP contribution in [0.3, 0.4) is 0 Å². The van der Waals surface area contributed by atoms with Gasteiger partial charge in [0.25, 0.3) is 0 Å². The summed E-state index contributed by atoms with van der Waals surface area (Å²) in [6, 6.07) is 1.41. The second-order valence-corrected chi connectivity index (χ2v) is 3.23. The van der Waals surface area contributed by atoms with E-state index < -0.39 is 5.97 Å². The summed E-state index contributed by atoms with van der Waals surface area (Å²) in [4.78, 5) is 14.5. The number of aromatic nitrogens is 1. The van der Waals surface area contributed by atoms with Crippen LogP contribution in [0.25, 0.3) is 0 Å². The van der Waals surface area contributed by atoms with Gasteiger partial charge in [0.15, 0.2) is 0 Å². The molecule has 0 bridgehead atoms. The van der Waals surface area contributed by atoms with Crippen molar-refractivity contribution in [3.05, 3.63) is 17.8 Å². The van der Waals surface area contributed by atoms with Crippen molar-refractivity contribution < 1.29 is 14.6 Å². The average Bonchev–Trinajstić information content (AvgIpc) is 2.92. The quantitative estimate of drug-likeness (QED) is 0.746. The third kappa shape index (κ3) is 1.76. The number of nitrogen functional groups attached to an aromatic ring is 1. The third-order valence-corrected chi connectivity index (χ3v) is 1.95. The van der Waals surface area contributed by atoms with Crippen molar-refractivity contribution in [1.82, 2.24) is 4.98 Å². The van der Waals surface area contributed by atoms with Gasteiger partial charge in [0, 0.05) is 0 Å².